The van der Waals surface area contributed by atoms with Gasteiger partial charge >= 0.3 is 11.9 Å². The first-order valence-electron chi connectivity index (χ1n) is 12.8. The van der Waals surface area contributed by atoms with E-state index in [1.54, 1.807) is 30.3 Å². The van der Waals surface area contributed by atoms with Gasteiger partial charge in [-0.25, -0.2) is 4.79 Å². The van der Waals surface area contributed by atoms with Gasteiger partial charge in [0.2, 0.25) is 23.6 Å². The number of carboxylic acids is 2. The molecule has 0 bridgehead atoms. The average Bonchev–Trinajstić information content (AvgIpc) is 2.90. The molecule has 0 spiro atoms. The van der Waals surface area contributed by atoms with E-state index in [0.29, 0.717) is 5.56 Å². The van der Waals surface area contributed by atoms with Crippen molar-refractivity contribution in [2.45, 2.75) is 69.1 Å². The minimum atomic E-state index is -1.45. The van der Waals surface area contributed by atoms with Crippen LogP contribution in [0.4, 0.5) is 0 Å². The van der Waals surface area contributed by atoms with Crippen LogP contribution in [0.5, 0.6) is 0 Å². The number of amides is 4. The molecule has 0 aliphatic rings. The summed E-state index contributed by atoms with van der Waals surface area (Å²) in [7, 11) is 0. The summed E-state index contributed by atoms with van der Waals surface area (Å²) in [5.74, 6) is -5.88. The van der Waals surface area contributed by atoms with E-state index < -0.39 is 59.7 Å². The monoisotopic (exact) mass is 578 g/mol. The number of primary amides is 1. The van der Waals surface area contributed by atoms with Crippen molar-refractivity contribution in [3.8, 4) is 0 Å². The van der Waals surface area contributed by atoms with E-state index >= 15 is 0 Å². The van der Waals surface area contributed by atoms with Crippen LogP contribution < -0.4 is 38.9 Å². The lowest BCUT2D eigenvalue weighted by molar-refractivity contribution is -0.142. The number of guanidine groups is 1. The van der Waals surface area contributed by atoms with E-state index in [9.17, 15) is 33.9 Å². The minimum absolute atomic E-state index is 0.0239. The second-order valence-corrected chi connectivity index (χ2v) is 9.20. The Hall–Kier alpha value is -4.73. The number of hydrogen-bond acceptors (Lipinski definition) is 8. The fourth-order valence-corrected chi connectivity index (χ4v) is 3.61. The minimum Gasteiger partial charge on any atom is -0.481 e. The number of aliphatic imine (C=N–C) groups is 1. The van der Waals surface area contributed by atoms with Crippen molar-refractivity contribution in [3.63, 3.8) is 0 Å². The predicted molar refractivity (Wildman–Crippen MR) is 147 cm³/mol. The highest BCUT2D eigenvalue weighted by Crippen LogP contribution is 2.08. The van der Waals surface area contributed by atoms with Gasteiger partial charge in [0.15, 0.2) is 5.96 Å². The highest BCUT2D eigenvalue weighted by Gasteiger charge is 2.30. The van der Waals surface area contributed by atoms with Gasteiger partial charge in [-0.2, -0.15) is 0 Å². The molecular weight excluding hydrogens is 540 g/mol. The molecule has 1 aromatic rings. The molecule has 16 nitrogen and oxygen atoms in total. The summed E-state index contributed by atoms with van der Waals surface area (Å²) in [6.07, 6.45) is -0.868. The molecule has 0 fully saturated rings. The van der Waals surface area contributed by atoms with Gasteiger partial charge in [-0.05, 0) is 31.2 Å². The molecule has 0 saturated heterocycles. The number of carboxylic acid groups (broad SMARTS) is 2. The third-order valence-corrected chi connectivity index (χ3v) is 5.79. The van der Waals surface area contributed by atoms with Gasteiger partial charge in [0.1, 0.15) is 18.1 Å². The topological polar surface area (TPSA) is 295 Å². The Morgan fingerprint density at radius 3 is 1.90 bits per heavy atom. The second kappa shape index (κ2) is 17.8. The Balaban J connectivity index is 3.15. The lowest BCUT2D eigenvalue weighted by Gasteiger charge is -2.25. The summed E-state index contributed by atoms with van der Waals surface area (Å²) in [4.78, 5) is 76.6. The summed E-state index contributed by atoms with van der Waals surface area (Å²) < 4.78 is 0. The Morgan fingerprint density at radius 1 is 0.756 bits per heavy atom. The van der Waals surface area contributed by atoms with E-state index in [1.807, 2.05) is 0 Å². The van der Waals surface area contributed by atoms with Gasteiger partial charge in [0.25, 0.3) is 0 Å². The van der Waals surface area contributed by atoms with Crippen molar-refractivity contribution in [1.82, 2.24) is 16.0 Å². The standard InChI is InChI=1S/C25H38N8O8/c26-15(8-11-20(35)36)21(37)31-16(7-4-12-30-25(28)29)22(38)33-18(13-14-5-2-1-3-6-14)23(39)32-17(24(40)41)9-10-19(27)34/h1-3,5-6,15-18H,4,7-13,26H2,(H2,27,34)(H,31,37)(H,32,39)(H,33,38)(H,35,36)(H,40,41)(H4,28,29,30). The molecule has 41 heavy (non-hydrogen) atoms. The van der Waals surface area contributed by atoms with Crippen LogP contribution in [-0.2, 0) is 35.2 Å². The molecule has 4 unspecified atom stereocenters. The zero-order valence-corrected chi connectivity index (χ0v) is 22.5. The smallest absolute Gasteiger partial charge is 0.326 e. The second-order valence-electron chi connectivity index (χ2n) is 9.20. The molecule has 1 aromatic carbocycles. The van der Waals surface area contributed by atoms with Crippen molar-refractivity contribution >= 4 is 41.5 Å². The molecular formula is C25H38N8O8. The van der Waals surface area contributed by atoms with E-state index in [1.165, 1.54) is 0 Å². The largest absolute Gasteiger partial charge is 0.481 e. The molecule has 13 N–H and O–H groups in total. The molecule has 0 aromatic heterocycles. The molecule has 4 amide bonds. The van der Waals surface area contributed by atoms with E-state index in [-0.39, 0.29) is 57.5 Å². The molecule has 0 aliphatic heterocycles. The van der Waals surface area contributed by atoms with Crippen LogP contribution in [0.15, 0.2) is 35.3 Å². The van der Waals surface area contributed by atoms with Gasteiger partial charge in [-0.1, -0.05) is 30.3 Å². The number of carbonyl (C=O) groups excluding carboxylic acids is 4. The number of benzene rings is 1. The number of hydrogen-bond donors (Lipinski definition) is 9. The van der Waals surface area contributed by atoms with Crippen molar-refractivity contribution < 1.29 is 39.0 Å². The van der Waals surface area contributed by atoms with Crippen LogP contribution in [-0.4, -0.2) is 82.5 Å². The maximum atomic E-state index is 13.3. The predicted octanol–water partition coefficient (Wildman–Crippen LogP) is -2.72. The Kier molecular flexibility index (Phi) is 14.9. The first kappa shape index (κ1) is 34.3. The van der Waals surface area contributed by atoms with E-state index in [4.69, 9.17) is 28.0 Å². The number of carbonyl (C=O) groups is 6. The van der Waals surface area contributed by atoms with Gasteiger partial charge in [-0.3, -0.25) is 29.0 Å². The van der Waals surface area contributed by atoms with Crippen LogP contribution in [0.25, 0.3) is 0 Å². The third kappa shape index (κ3) is 14.3. The lowest BCUT2D eigenvalue weighted by atomic mass is 10.0. The van der Waals surface area contributed by atoms with Gasteiger partial charge in [0.05, 0.1) is 6.04 Å². The molecule has 0 heterocycles. The summed E-state index contributed by atoms with van der Waals surface area (Å²) in [6, 6.07) is 3.40. The van der Waals surface area contributed by atoms with Gasteiger partial charge in [-0.15, -0.1) is 0 Å². The number of nitrogens with one attached hydrogen (secondary N) is 3. The normalized spacial score (nSPS) is 13.5. The summed E-state index contributed by atoms with van der Waals surface area (Å²) in [6.45, 7) is 0.126. The first-order chi connectivity index (χ1) is 19.3. The maximum absolute atomic E-state index is 13.3. The number of nitrogens with zero attached hydrogens (tertiary/aromatic N) is 1. The fraction of sp³-hybridized carbons (Fsp3) is 0.480. The number of aliphatic carboxylic acids is 2. The van der Waals surface area contributed by atoms with Crippen LogP contribution in [0, 0.1) is 0 Å². The molecule has 0 radical (unpaired) electrons. The highest BCUT2D eigenvalue weighted by atomic mass is 16.4. The third-order valence-electron chi connectivity index (χ3n) is 5.79. The highest BCUT2D eigenvalue weighted by molar-refractivity contribution is 5.94. The quantitative estimate of drug-likeness (QED) is 0.0461. The van der Waals surface area contributed by atoms with Crippen LogP contribution >= 0.6 is 0 Å². The first-order valence-corrected chi connectivity index (χ1v) is 12.8. The molecule has 16 heteroatoms. The molecule has 4 atom stereocenters. The summed E-state index contributed by atoms with van der Waals surface area (Å²) >= 11 is 0. The Bertz CT molecular complexity index is 1090. The van der Waals surface area contributed by atoms with E-state index in [0.717, 1.165) is 0 Å². The van der Waals surface area contributed by atoms with Crippen molar-refractivity contribution in [1.29, 1.82) is 0 Å². The van der Waals surface area contributed by atoms with Crippen LogP contribution in [0.2, 0.25) is 0 Å². The van der Waals surface area contributed by atoms with Crippen molar-refractivity contribution in [2.75, 3.05) is 6.54 Å². The Morgan fingerprint density at radius 2 is 1.34 bits per heavy atom. The average molecular weight is 579 g/mol. The van der Waals surface area contributed by atoms with Crippen molar-refractivity contribution in [2.24, 2.45) is 27.9 Å². The lowest BCUT2D eigenvalue weighted by Crippen LogP contribution is -2.57. The van der Waals surface area contributed by atoms with Crippen LogP contribution in [0.1, 0.15) is 44.1 Å². The maximum Gasteiger partial charge on any atom is 0.326 e. The summed E-state index contributed by atoms with van der Waals surface area (Å²) in [5, 5.41) is 25.7. The van der Waals surface area contributed by atoms with Gasteiger partial charge < -0.3 is 49.1 Å². The van der Waals surface area contributed by atoms with Crippen LogP contribution in [0.3, 0.4) is 0 Å². The summed E-state index contributed by atoms with van der Waals surface area (Å²) in [5.41, 5.74) is 22.2. The molecule has 1 rings (SSSR count). The van der Waals surface area contributed by atoms with Crippen molar-refractivity contribution in [3.05, 3.63) is 35.9 Å². The zero-order valence-electron chi connectivity index (χ0n) is 22.5. The molecule has 0 saturated carbocycles. The number of rotatable bonds is 19. The molecule has 0 aliphatic carbocycles. The molecule has 226 valence electrons. The number of nitrogens with two attached hydrogens (primary N) is 4. The fourth-order valence-electron chi connectivity index (χ4n) is 3.61. The van der Waals surface area contributed by atoms with E-state index in [2.05, 4.69) is 20.9 Å². The van der Waals surface area contributed by atoms with Gasteiger partial charge in [0, 0.05) is 25.8 Å². The SMILES string of the molecule is NC(=O)CCC(NC(=O)C(Cc1ccccc1)NC(=O)C(CCCN=C(N)N)NC(=O)C(N)CCC(=O)O)C(=O)O. The zero-order chi connectivity index (χ0) is 30.9. The Labute approximate surface area is 236 Å².